The Bertz CT molecular complexity index is 316. The first-order valence-corrected chi connectivity index (χ1v) is 4.85. The summed E-state index contributed by atoms with van der Waals surface area (Å²) < 4.78 is 24.1. The maximum absolute atomic E-state index is 12.1. The van der Waals surface area contributed by atoms with E-state index in [1.807, 2.05) is 30.3 Å². The van der Waals surface area contributed by atoms with E-state index >= 15 is 0 Å². The molecule has 0 amide bonds. The van der Waals surface area contributed by atoms with E-state index in [4.69, 9.17) is 12.2 Å². The van der Waals surface area contributed by atoms with Crippen molar-refractivity contribution in [2.45, 2.75) is 6.43 Å². The second-order valence-electron chi connectivity index (χ2n) is 3.07. The van der Waals surface area contributed by atoms with Crippen molar-refractivity contribution in [2.75, 3.05) is 18.9 Å². The van der Waals surface area contributed by atoms with Gasteiger partial charge >= 0.3 is 0 Å². The summed E-state index contributed by atoms with van der Waals surface area (Å²) >= 11 is 4.96. The zero-order valence-electron chi connectivity index (χ0n) is 8.28. The van der Waals surface area contributed by atoms with Crippen LogP contribution >= 0.6 is 12.2 Å². The van der Waals surface area contributed by atoms with Crippen molar-refractivity contribution in [3.05, 3.63) is 30.3 Å². The van der Waals surface area contributed by atoms with Gasteiger partial charge < -0.3 is 10.2 Å². The molecule has 0 saturated carbocycles. The van der Waals surface area contributed by atoms with E-state index in [1.54, 1.807) is 0 Å². The minimum Gasteiger partial charge on any atom is -0.346 e. The van der Waals surface area contributed by atoms with E-state index in [1.165, 1.54) is 11.9 Å². The molecule has 0 aliphatic rings. The average molecular weight is 230 g/mol. The first kappa shape index (κ1) is 11.8. The molecule has 1 rings (SSSR count). The lowest BCUT2D eigenvalue weighted by molar-refractivity contribution is 0.124. The molecule has 1 N–H and O–H groups in total. The van der Waals surface area contributed by atoms with Crippen molar-refractivity contribution in [3.8, 4) is 0 Å². The number of halogens is 2. The molecule has 1 aromatic rings. The molecule has 0 bridgehead atoms. The molecule has 0 atom stereocenters. The van der Waals surface area contributed by atoms with Crippen molar-refractivity contribution in [3.63, 3.8) is 0 Å². The van der Waals surface area contributed by atoms with E-state index in [9.17, 15) is 8.78 Å². The number of alkyl halides is 2. The Morgan fingerprint density at radius 2 is 2.00 bits per heavy atom. The molecule has 2 nitrogen and oxygen atoms in total. The molecular weight excluding hydrogens is 218 g/mol. The maximum Gasteiger partial charge on any atom is 0.255 e. The number of nitrogens with one attached hydrogen (secondary N) is 1. The van der Waals surface area contributed by atoms with Gasteiger partial charge in [0.15, 0.2) is 5.11 Å². The lowest BCUT2D eigenvalue weighted by Gasteiger charge is -2.20. The predicted octanol–water partition coefficient (Wildman–Crippen LogP) is 2.58. The fourth-order valence-electron chi connectivity index (χ4n) is 1.03. The van der Waals surface area contributed by atoms with Gasteiger partial charge in [0.2, 0.25) is 0 Å². The van der Waals surface area contributed by atoms with Gasteiger partial charge in [-0.1, -0.05) is 18.2 Å². The van der Waals surface area contributed by atoms with Crippen LogP contribution in [0, 0.1) is 0 Å². The SMILES string of the molecule is CN(CC(F)F)C(=S)Nc1ccccc1. The Labute approximate surface area is 92.9 Å². The molecule has 0 spiro atoms. The molecule has 0 radical (unpaired) electrons. The normalized spacial score (nSPS) is 10.1. The highest BCUT2D eigenvalue weighted by Gasteiger charge is 2.10. The van der Waals surface area contributed by atoms with Crippen LogP contribution in [-0.2, 0) is 0 Å². The number of para-hydroxylation sites is 1. The minimum atomic E-state index is -2.38. The van der Waals surface area contributed by atoms with Gasteiger partial charge in [0.25, 0.3) is 6.43 Å². The van der Waals surface area contributed by atoms with Crippen LogP contribution in [0.2, 0.25) is 0 Å². The van der Waals surface area contributed by atoms with Crippen molar-refractivity contribution < 1.29 is 8.78 Å². The molecule has 0 unspecified atom stereocenters. The molecule has 82 valence electrons. The van der Waals surface area contributed by atoms with E-state index < -0.39 is 6.43 Å². The Balaban J connectivity index is 2.49. The van der Waals surface area contributed by atoms with Crippen LogP contribution in [-0.4, -0.2) is 30.0 Å². The summed E-state index contributed by atoms with van der Waals surface area (Å²) in [6.45, 7) is -0.362. The van der Waals surface area contributed by atoms with Gasteiger partial charge in [-0.3, -0.25) is 0 Å². The van der Waals surface area contributed by atoms with Crippen LogP contribution in [0.1, 0.15) is 0 Å². The maximum atomic E-state index is 12.1. The summed E-state index contributed by atoms with van der Waals surface area (Å²) in [4.78, 5) is 1.31. The molecule has 0 saturated heterocycles. The molecule has 0 heterocycles. The molecule has 0 aromatic heterocycles. The predicted molar refractivity (Wildman–Crippen MR) is 61.3 cm³/mol. The van der Waals surface area contributed by atoms with E-state index in [0.29, 0.717) is 5.11 Å². The van der Waals surface area contributed by atoms with E-state index in [0.717, 1.165) is 5.69 Å². The fourth-order valence-corrected chi connectivity index (χ4v) is 1.22. The lowest BCUT2D eigenvalue weighted by atomic mass is 10.3. The van der Waals surface area contributed by atoms with Crippen LogP contribution < -0.4 is 5.32 Å². The van der Waals surface area contributed by atoms with Crippen LogP contribution in [0.4, 0.5) is 14.5 Å². The summed E-state index contributed by atoms with van der Waals surface area (Å²) in [6, 6.07) is 9.21. The second-order valence-corrected chi connectivity index (χ2v) is 3.45. The van der Waals surface area contributed by atoms with Gasteiger partial charge in [-0.25, -0.2) is 8.78 Å². The first-order chi connectivity index (χ1) is 7.09. The van der Waals surface area contributed by atoms with Gasteiger partial charge in [0, 0.05) is 12.7 Å². The average Bonchev–Trinajstić information content (AvgIpc) is 2.18. The lowest BCUT2D eigenvalue weighted by Crippen LogP contribution is -2.34. The zero-order chi connectivity index (χ0) is 11.3. The number of benzene rings is 1. The van der Waals surface area contributed by atoms with Crippen molar-refractivity contribution in [1.82, 2.24) is 4.90 Å². The van der Waals surface area contributed by atoms with E-state index in [2.05, 4.69) is 5.32 Å². The van der Waals surface area contributed by atoms with Gasteiger partial charge in [-0.2, -0.15) is 0 Å². The van der Waals surface area contributed by atoms with Crippen molar-refractivity contribution >= 4 is 23.0 Å². The number of rotatable bonds is 3. The fraction of sp³-hybridized carbons (Fsp3) is 0.300. The summed E-state index contributed by atoms with van der Waals surface area (Å²) in [7, 11) is 1.53. The Morgan fingerprint density at radius 3 is 2.53 bits per heavy atom. The number of nitrogens with zero attached hydrogens (tertiary/aromatic N) is 1. The zero-order valence-corrected chi connectivity index (χ0v) is 9.10. The highest BCUT2D eigenvalue weighted by molar-refractivity contribution is 7.80. The molecule has 15 heavy (non-hydrogen) atoms. The van der Waals surface area contributed by atoms with Crippen LogP contribution in [0.3, 0.4) is 0 Å². The summed E-state index contributed by atoms with van der Waals surface area (Å²) in [5.41, 5.74) is 0.795. The number of thiocarbonyl (C=S) groups is 1. The Hall–Kier alpha value is -1.23. The monoisotopic (exact) mass is 230 g/mol. The third kappa shape index (κ3) is 4.20. The standard InChI is InChI=1S/C10H12F2N2S/c1-14(7-9(11)12)10(15)13-8-5-3-2-4-6-8/h2-6,9H,7H2,1H3,(H,13,15). The summed E-state index contributed by atoms with van der Waals surface area (Å²) in [5, 5.41) is 3.16. The number of hydrogen-bond acceptors (Lipinski definition) is 1. The van der Waals surface area contributed by atoms with Crippen LogP contribution in [0.15, 0.2) is 30.3 Å². The number of anilines is 1. The minimum absolute atomic E-state index is 0.293. The molecule has 1 aromatic carbocycles. The van der Waals surface area contributed by atoms with Gasteiger partial charge in [0.1, 0.15) is 0 Å². The third-order valence-corrected chi connectivity index (χ3v) is 2.20. The van der Waals surface area contributed by atoms with Gasteiger partial charge in [-0.15, -0.1) is 0 Å². The van der Waals surface area contributed by atoms with Gasteiger partial charge in [0.05, 0.1) is 6.54 Å². The second kappa shape index (κ2) is 5.60. The molecule has 0 aliphatic heterocycles. The molecule has 0 fully saturated rings. The van der Waals surface area contributed by atoms with E-state index in [-0.39, 0.29) is 6.54 Å². The highest BCUT2D eigenvalue weighted by atomic mass is 32.1. The topological polar surface area (TPSA) is 15.3 Å². The summed E-state index contributed by atoms with van der Waals surface area (Å²) in [6.07, 6.45) is -2.38. The Kier molecular flexibility index (Phi) is 4.42. The largest absolute Gasteiger partial charge is 0.346 e. The summed E-state index contributed by atoms with van der Waals surface area (Å²) in [5.74, 6) is 0. The van der Waals surface area contributed by atoms with Gasteiger partial charge in [-0.05, 0) is 24.4 Å². The third-order valence-electron chi connectivity index (χ3n) is 1.78. The number of hydrogen-bond donors (Lipinski definition) is 1. The molecule has 5 heteroatoms. The molecule has 0 aliphatic carbocycles. The quantitative estimate of drug-likeness (QED) is 0.803. The van der Waals surface area contributed by atoms with Crippen molar-refractivity contribution in [2.24, 2.45) is 0 Å². The smallest absolute Gasteiger partial charge is 0.255 e. The van der Waals surface area contributed by atoms with Crippen LogP contribution in [0.25, 0.3) is 0 Å². The first-order valence-electron chi connectivity index (χ1n) is 4.45. The Morgan fingerprint density at radius 1 is 1.40 bits per heavy atom. The molecular formula is C10H12F2N2S. The highest BCUT2D eigenvalue weighted by Crippen LogP contribution is 2.06. The van der Waals surface area contributed by atoms with Crippen molar-refractivity contribution in [1.29, 1.82) is 0 Å². The van der Waals surface area contributed by atoms with Crippen LogP contribution in [0.5, 0.6) is 0 Å².